The molecule has 1 saturated heterocycles. The first kappa shape index (κ1) is 40.0. The van der Waals surface area contributed by atoms with E-state index in [1.54, 1.807) is 6.07 Å². The molecule has 1 aliphatic heterocycles. The molecular weight excluding hydrogens is 663 g/mol. The molecule has 0 amide bonds. The van der Waals surface area contributed by atoms with Gasteiger partial charge in [0.25, 0.3) is 0 Å². The van der Waals surface area contributed by atoms with Gasteiger partial charge in [-0.05, 0) is 67.6 Å². The number of carbonyl (C=O) groups excluding carboxylic acids is 1. The normalized spacial score (nSPS) is 13.7. The SMILES string of the molecule is CCCCCCCCCCCCCCCCCCCC(=O)Oc1ccc2ccc(OCCCCN3CCN(c4cccc5sccc45)CC3)cc2n1. The molecule has 3 heterocycles. The van der Waals surface area contributed by atoms with Gasteiger partial charge in [0.1, 0.15) is 5.75 Å². The number of anilines is 1. The summed E-state index contributed by atoms with van der Waals surface area (Å²) in [6, 6.07) is 18.7. The Morgan fingerprint density at radius 3 is 2.06 bits per heavy atom. The minimum atomic E-state index is -0.193. The lowest BCUT2D eigenvalue weighted by Gasteiger charge is -2.36. The maximum Gasteiger partial charge on any atom is 0.312 e. The largest absolute Gasteiger partial charge is 0.494 e. The average Bonchev–Trinajstić information content (AvgIpc) is 3.66. The molecule has 0 radical (unpaired) electrons. The summed E-state index contributed by atoms with van der Waals surface area (Å²) in [5.41, 5.74) is 2.17. The number of aromatic nitrogens is 1. The van der Waals surface area contributed by atoms with Crippen molar-refractivity contribution in [2.24, 2.45) is 0 Å². The van der Waals surface area contributed by atoms with Crippen molar-refractivity contribution in [3.63, 3.8) is 0 Å². The second-order valence-corrected chi connectivity index (χ2v) is 15.8. The topological polar surface area (TPSA) is 54.9 Å². The quantitative estimate of drug-likeness (QED) is 0.0474. The number of fused-ring (bicyclic) bond motifs is 2. The monoisotopic (exact) mass is 727 g/mol. The smallest absolute Gasteiger partial charge is 0.312 e. The predicted molar refractivity (Wildman–Crippen MR) is 221 cm³/mol. The summed E-state index contributed by atoms with van der Waals surface area (Å²) in [6.07, 6.45) is 25.2. The molecule has 52 heavy (non-hydrogen) atoms. The maximum absolute atomic E-state index is 12.5. The van der Waals surface area contributed by atoms with Crippen LogP contribution in [-0.2, 0) is 4.79 Å². The highest BCUT2D eigenvalue weighted by molar-refractivity contribution is 7.17. The molecule has 0 atom stereocenters. The summed E-state index contributed by atoms with van der Waals surface area (Å²) < 4.78 is 13.1. The number of piperazine rings is 1. The molecule has 5 rings (SSSR count). The van der Waals surface area contributed by atoms with Crippen LogP contribution in [0.4, 0.5) is 5.69 Å². The fraction of sp³-hybridized carbons (Fsp3) is 0.600. The van der Waals surface area contributed by atoms with Gasteiger partial charge in [-0.2, -0.15) is 0 Å². The number of hydrogen-bond acceptors (Lipinski definition) is 7. The fourth-order valence-corrected chi connectivity index (χ4v) is 8.29. The van der Waals surface area contributed by atoms with Gasteiger partial charge in [0.15, 0.2) is 0 Å². The number of nitrogens with zero attached hydrogens (tertiary/aromatic N) is 3. The molecule has 0 aliphatic carbocycles. The molecule has 4 aromatic rings. The molecule has 1 fully saturated rings. The summed E-state index contributed by atoms with van der Waals surface area (Å²) in [5, 5.41) is 4.59. The van der Waals surface area contributed by atoms with E-state index < -0.39 is 0 Å². The van der Waals surface area contributed by atoms with E-state index in [1.165, 1.54) is 112 Å². The molecule has 0 unspecified atom stereocenters. The first-order valence-electron chi connectivity index (χ1n) is 20.9. The number of ether oxygens (including phenoxy) is 2. The Morgan fingerprint density at radius 2 is 1.37 bits per heavy atom. The molecule has 2 aromatic heterocycles. The standard InChI is InChI=1S/C45H65N3O3S/c1-2-3-4-5-6-7-8-9-10-11-12-13-14-15-16-17-18-24-45(49)51-44-28-26-38-25-27-39(37-41(38)46-44)50-35-20-19-30-47-31-33-48(34-32-47)42-22-21-23-43-40(42)29-36-52-43/h21-23,25-29,36-37H,2-20,24,30-35H2,1H3. The van der Waals surface area contributed by atoms with E-state index >= 15 is 0 Å². The van der Waals surface area contributed by atoms with Crippen molar-refractivity contribution in [2.75, 3.05) is 44.2 Å². The number of unbranched alkanes of at least 4 members (excludes halogenated alkanes) is 17. The maximum atomic E-state index is 12.5. The second kappa shape index (κ2) is 23.5. The van der Waals surface area contributed by atoms with E-state index in [9.17, 15) is 4.79 Å². The summed E-state index contributed by atoms with van der Waals surface area (Å²) in [5.74, 6) is 0.985. The predicted octanol–water partition coefficient (Wildman–Crippen LogP) is 12.4. The first-order chi connectivity index (χ1) is 25.7. The lowest BCUT2D eigenvalue weighted by molar-refractivity contribution is -0.134. The molecular formula is C45H65N3O3S. The van der Waals surface area contributed by atoms with Gasteiger partial charge in [0, 0.05) is 65.9 Å². The molecule has 7 heteroatoms. The second-order valence-electron chi connectivity index (χ2n) is 14.9. The number of hydrogen-bond donors (Lipinski definition) is 0. The molecule has 2 aromatic carbocycles. The van der Waals surface area contributed by atoms with Crippen molar-refractivity contribution >= 4 is 44.0 Å². The summed E-state index contributed by atoms with van der Waals surface area (Å²) in [4.78, 5) is 22.3. The van der Waals surface area contributed by atoms with E-state index in [1.807, 2.05) is 35.6 Å². The molecule has 0 saturated carbocycles. The van der Waals surface area contributed by atoms with Crippen LogP contribution in [0, 0.1) is 0 Å². The van der Waals surface area contributed by atoms with E-state index in [4.69, 9.17) is 9.47 Å². The van der Waals surface area contributed by atoms with Crippen LogP contribution in [0.5, 0.6) is 11.6 Å². The lowest BCUT2D eigenvalue weighted by atomic mass is 10.0. The van der Waals surface area contributed by atoms with Gasteiger partial charge < -0.3 is 14.4 Å². The van der Waals surface area contributed by atoms with Crippen LogP contribution in [0.1, 0.15) is 135 Å². The van der Waals surface area contributed by atoms with Crippen LogP contribution >= 0.6 is 11.3 Å². The van der Waals surface area contributed by atoms with Crippen molar-refractivity contribution in [2.45, 2.75) is 135 Å². The average molecular weight is 728 g/mol. The van der Waals surface area contributed by atoms with Crippen LogP contribution in [-0.4, -0.2) is 55.2 Å². The Labute approximate surface area is 318 Å². The Hall–Kier alpha value is -3.16. The summed E-state index contributed by atoms with van der Waals surface area (Å²) in [7, 11) is 0. The first-order valence-corrected chi connectivity index (χ1v) is 21.8. The fourth-order valence-electron chi connectivity index (χ4n) is 7.48. The minimum absolute atomic E-state index is 0.193. The van der Waals surface area contributed by atoms with Gasteiger partial charge in [-0.15, -0.1) is 11.3 Å². The van der Waals surface area contributed by atoms with E-state index in [-0.39, 0.29) is 5.97 Å². The van der Waals surface area contributed by atoms with Crippen LogP contribution in [0.25, 0.3) is 21.0 Å². The highest BCUT2D eigenvalue weighted by atomic mass is 32.1. The lowest BCUT2D eigenvalue weighted by Crippen LogP contribution is -2.46. The zero-order chi connectivity index (χ0) is 36.1. The van der Waals surface area contributed by atoms with Gasteiger partial charge in [0.05, 0.1) is 12.1 Å². The van der Waals surface area contributed by atoms with Gasteiger partial charge in [0.2, 0.25) is 5.88 Å². The Kier molecular flexibility index (Phi) is 18.1. The Balaban J connectivity index is 0.871. The summed E-state index contributed by atoms with van der Waals surface area (Å²) >= 11 is 1.82. The Bertz CT molecular complexity index is 1580. The highest BCUT2D eigenvalue weighted by Gasteiger charge is 2.18. The number of pyridine rings is 1. The summed E-state index contributed by atoms with van der Waals surface area (Å²) in [6.45, 7) is 8.43. The van der Waals surface area contributed by atoms with Crippen molar-refractivity contribution < 1.29 is 14.3 Å². The van der Waals surface area contributed by atoms with E-state index in [0.717, 1.165) is 75.1 Å². The van der Waals surface area contributed by atoms with Gasteiger partial charge in [-0.3, -0.25) is 9.69 Å². The third-order valence-corrected chi connectivity index (χ3v) is 11.5. The number of thiophene rings is 1. The van der Waals surface area contributed by atoms with Crippen LogP contribution < -0.4 is 14.4 Å². The van der Waals surface area contributed by atoms with Crippen molar-refractivity contribution in [3.8, 4) is 11.6 Å². The van der Waals surface area contributed by atoms with E-state index in [2.05, 4.69) is 51.4 Å². The van der Waals surface area contributed by atoms with Gasteiger partial charge in [-0.1, -0.05) is 116 Å². The number of esters is 1. The molecule has 0 bridgehead atoms. The van der Waals surface area contributed by atoms with Crippen molar-refractivity contribution in [3.05, 3.63) is 60.0 Å². The third kappa shape index (κ3) is 14.0. The van der Waals surface area contributed by atoms with Crippen molar-refractivity contribution in [1.29, 1.82) is 0 Å². The molecule has 0 spiro atoms. The third-order valence-electron chi connectivity index (χ3n) is 10.7. The Morgan fingerprint density at radius 1 is 0.712 bits per heavy atom. The molecule has 0 N–H and O–H groups in total. The van der Waals surface area contributed by atoms with Crippen LogP contribution in [0.15, 0.2) is 60.0 Å². The highest BCUT2D eigenvalue weighted by Crippen LogP contribution is 2.31. The van der Waals surface area contributed by atoms with E-state index in [0.29, 0.717) is 18.9 Å². The number of carbonyl (C=O) groups is 1. The molecule has 6 nitrogen and oxygen atoms in total. The zero-order valence-electron chi connectivity index (χ0n) is 32.1. The molecule has 1 aliphatic rings. The van der Waals surface area contributed by atoms with Crippen LogP contribution in [0.2, 0.25) is 0 Å². The van der Waals surface area contributed by atoms with Gasteiger partial charge in [-0.25, -0.2) is 4.98 Å². The zero-order valence-corrected chi connectivity index (χ0v) is 32.9. The molecule has 284 valence electrons. The number of benzene rings is 2. The van der Waals surface area contributed by atoms with Crippen molar-refractivity contribution in [1.82, 2.24) is 9.88 Å². The van der Waals surface area contributed by atoms with Gasteiger partial charge >= 0.3 is 5.97 Å². The number of rotatable bonds is 26. The van der Waals surface area contributed by atoms with Crippen LogP contribution in [0.3, 0.4) is 0 Å². The minimum Gasteiger partial charge on any atom is -0.494 e.